The molecule has 22 heavy (non-hydrogen) atoms. The number of nitrogens with zero attached hydrogens (tertiary/aromatic N) is 1. The molecule has 0 heterocycles. The third-order valence-corrected chi connectivity index (χ3v) is 4.62. The molecule has 1 aromatic carbocycles. The van der Waals surface area contributed by atoms with Gasteiger partial charge in [0.15, 0.2) is 0 Å². The minimum atomic E-state index is -3.58. The quantitative estimate of drug-likeness (QED) is 0.800. The number of hydrogen-bond acceptors (Lipinski definition) is 2. The maximum atomic E-state index is 12.7. The van der Waals surface area contributed by atoms with Gasteiger partial charge in [0.1, 0.15) is 0 Å². The summed E-state index contributed by atoms with van der Waals surface area (Å²) in [6.07, 6.45) is 0. The van der Waals surface area contributed by atoms with Crippen molar-refractivity contribution in [2.45, 2.75) is 39.5 Å². The van der Waals surface area contributed by atoms with Crippen molar-refractivity contribution in [3.8, 4) is 23.7 Å². The lowest BCUT2D eigenvalue weighted by molar-refractivity contribution is 0.481. The summed E-state index contributed by atoms with van der Waals surface area (Å²) in [6.45, 7) is 9.87. The lowest BCUT2D eigenvalue weighted by Gasteiger charge is -2.18. The van der Waals surface area contributed by atoms with E-state index in [1.54, 1.807) is 31.2 Å². The van der Waals surface area contributed by atoms with Crippen LogP contribution in [0.1, 0.15) is 33.3 Å². The molecule has 0 saturated heterocycles. The van der Waals surface area contributed by atoms with Gasteiger partial charge in [-0.2, -0.15) is 4.31 Å². The van der Waals surface area contributed by atoms with E-state index in [0.29, 0.717) is 0 Å². The molecule has 118 valence electrons. The molecule has 3 nitrogen and oxygen atoms in total. The molecule has 0 radical (unpaired) electrons. The average Bonchev–Trinajstić information content (AvgIpc) is 2.41. The van der Waals surface area contributed by atoms with E-state index in [-0.39, 0.29) is 23.4 Å². The van der Waals surface area contributed by atoms with Gasteiger partial charge in [-0.15, -0.1) is 5.92 Å². The van der Waals surface area contributed by atoms with Crippen LogP contribution in [0, 0.1) is 36.0 Å². The maximum absolute atomic E-state index is 12.7. The van der Waals surface area contributed by atoms with E-state index in [4.69, 9.17) is 0 Å². The zero-order chi connectivity index (χ0) is 16.8. The Labute approximate surface area is 134 Å². The van der Waals surface area contributed by atoms with E-state index in [1.807, 2.05) is 27.7 Å². The summed E-state index contributed by atoms with van der Waals surface area (Å²) < 4.78 is 26.7. The number of sulfonamides is 1. The van der Waals surface area contributed by atoms with E-state index < -0.39 is 10.0 Å². The lowest BCUT2D eigenvalue weighted by Crippen LogP contribution is -2.32. The first-order chi connectivity index (χ1) is 10.2. The molecule has 0 aliphatic heterocycles. The van der Waals surface area contributed by atoms with Crippen LogP contribution < -0.4 is 0 Å². The van der Waals surface area contributed by atoms with Crippen LogP contribution in [0.5, 0.6) is 0 Å². The molecule has 0 bridgehead atoms. The molecule has 0 aliphatic rings. The molecule has 0 atom stereocenters. The van der Waals surface area contributed by atoms with Gasteiger partial charge in [-0.05, 0) is 46.8 Å². The van der Waals surface area contributed by atoms with Crippen molar-refractivity contribution in [2.75, 3.05) is 13.1 Å². The highest BCUT2D eigenvalue weighted by molar-refractivity contribution is 7.89. The Morgan fingerprint density at radius 2 is 1.59 bits per heavy atom. The SMILES string of the molecule is CC#CCN(CC#CC(C)(C)C)S(=O)(=O)c1ccc(C)cc1. The second-order valence-electron chi connectivity index (χ2n) is 6.06. The Balaban J connectivity index is 3.10. The van der Waals surface area contributed by atoms with Crippen LogP contribution in [0.2, 0.25) is 0 Å². The third kappa shape index (κ3) is 5.56. The molecule has 0 amide bonds. The Morgan fingerprint density at radius 1 is 1.05 bits per heavy atom. The largest absolute Gasteiger partial charge is 0.244 e. The molecular formula is C18H23NO2S. The molecule has 1 aromatic rings. The van der Waals surface area contributed by atoms with E-state index in [1.165, 1.54) is 4.31 Å². The third-order valence-electron chi connectivity index (χ3n) is 2.81. The second kappa shape index (κ2) is 7.49. The number of benzene rings is 1. The van der Waals surface area contributed by atoms with Crippen molar-refractivity contribution in [1.82, 2.24) is 4.31 Å². The minimum Gasteiger partial charge on any atom is -0.207 e. The highest BCUT2D eigenvalue weighted by Crippen LogP contribution is 2.16. The van der Waals surface area contributed by atoms with Crippen molar-refractivity contribution in [1.29, 1.82) is 0 Å². The van der Waals surface area contributed by atoms with Crippen LogP contribution in [-0.4, -0.2) is 25.8 Å². The second-order valence-corrected chi connectivity index (χ2v) is 8.00. The van der Waals surface area contributed by atoms with Crippen LogP contribution in [0.25, 0.3) is 0 Å². The Hall–Kier alpha value is -1.75. The lowest BCUT2D eigenvalue weighted by atomic mass is 9.98. The molecule has 0 N–H and O–H groups in total. The monoisotopic (exact) mass is 317 g/mol. The van der Waals surface area contributed by atoms with E-state index in [0.717, 1.165) is 5.56 Å². The predicted molar refractivity (Wildman–Crippen MR) is 90.6 cm³/mol. The van der Waals surface area contributed by atoms with Crippen LogP contribution in [0.4, 0.5) is 0 Å². The predicted octanol–water partition coefficient (Wildman–Crippen LogP) is 3.06. The van der Waals surface area contributed by atoms with Crippen LogP contribution in [0.15, 0.2) is 29.2 Å². The normalized spacial score (nSPS) is 11.4. The first-order valence-electron chi connectivity index (χ1n) is 7.13. The van der Waals surface area contributed by atoms with Gasteiger partial charge in [0, 0.05) is 5.41 Å². The van der Waals surface area contributed by atoms with Gasteiger partial charge in [-0.1, -0.05) is 35.5 Å². The van der Waals surface area contributed by atoms with E-state index in [9.17, 15) is 8.42 Å². The maximum Gasteiger partial charge on any atom is 0.244 e. The van der Waals surface area contributed by atoms with Crippen LogP contribution in [-0.2, 0) is 10.0 Å². The summed E-state index contributed by atoms with van der Waals surface area (Å²) in [7, 11) is -3.58. The molecule has 0 saturated carbocycles. The fraction of sp³-hybridized carbons (Fsp3) is 0.444. The molecule has 0 aromatic heterocycles. The zero-order valence-corrected chi connectivity index (χ0v) is 14.7. The number of rotatable bonds is 4. The summed E-state index contributed by atoms with van der Waals surface area (Å²) >= 11 is 0. The van der Waals surface area contributed by atoms with Crippen molar-refractivity contribution in [3.63, 3.8) is 0 Å². The first kappa shape index (κ1) is 18.3. The molecule has 0 spiro atoms. The van der Waals surface area contributed by atoms with Crippen molar-refractivity contribution in [2.24, 2.45) is 5.41 Å². The first-order valence-corrected chi connectivity index (χ1v) is 8.57. The summed E-state index contributed by atoms with van der Waals surface area (Å²) in [5.74, 6) is 11.6. The van der Waals surface area contributed by atoms with Crippen LogP contribution >= 0.6 is 0 Å². The van der Waals surface area contributed by atoms with Gasteiger partial charge in [0.05, 0.1) is 18.0 Å². The summed E-state index contributed by atoms with van der Waals surface area (Å²) in [5, 5.41) is 0. The van der Waals surface area contributed by atoms with Gasteiger partial charge in [0.2, 0.25) is 10.0 Å². The van der Waals surface area contributed by atoms with Gasteiger partial charge >= 0.3 is 0 Å². The topological polar surface area (TPSA) is 37.4 Å². The summed E-state index contributed by atoms with van der Waals surface area (Å²) in [4.78, 5) is 0.272. The summed E-state index contributed by atoms with van der Waals surface area (Å²) in [5.41, 5.74) is 0.863. The van der Waals surface area contributed by atoms with Gasteiger partial charge in [-0.3, -0.25) is 0 Å². The highest BCUT2D eigenvalue weighted by atomic mass is 32.2. The smallest absolute Gasteiger partial charge is 0.207 e. The van der Waals surface area contributed by atoms with E-state index in [2.05, 4.69) is 23.7 Å². The van der Waals surface area contributed by atoms with Crippen LogP contribution in [0.3, 0.4) is 0 Å². The Kier molecular flexibility index (Phi) is 6.23. The molecular weight excluding hydrogens is 294 g/mol. The molecule has 0 fully saturated rings. The Bertz CT molecular complexity index is 718. The van der Waals surface area contributed by atoms with Crippen molar-refractivity contribution < 1.29 is 8.42 Å². The molecule has 0 aliphatic carbocycles. The fourth-order valence-corrected chi connectivity index (χ4v) is 2.89. The van der Waals surface area contributed by atoms with Crippen molar-refractivity contribution in [3.05, 3.63) is 29.8 Å². The zero-order valence-electron chi connectivity index (χ0n) is 13.9. The van der Waals surface area contributed by atoms with Gasteiger partial charge in [0.25, 0.3) is 0 Å². The number of aryl methyl sites for hydroxylation is 1. The highest BCUT2D eigenvalue weighted by Gasteiger charge is 2.22. The van der Waals surface area contributed by atoms with Gasteiger partial charge < -0.3 is 0 Å². The number of hydrogen-bond donors (Lipinski definition) is 0. The van der Waals surface area contributed by atoms with E-state index >= 15 is 0 Å². The van der Waals surface area contributed by atoms with Gasteiger partial charge in [-0.25, -0.2) is 8.42 Å². The molecule has 4 heteroatoms. The molecule has 0 unspecified atom stereocenters. The summed E-state index contributed by atoms with van der Waals surface area (Å²) in [6, 6.07) is 6.82. The van der Waals surface area contributed by atoms with Crippen molar-refractivity contribution >= 4 is 10.0 Å². The minimum absolute atomic E-state index is 0.141. The average molecular weight is 317 g/mol. The standard InChI is InChI=1S/C18H23NO2S/c1-6-7-14-19(15-8-13-18(3,4)5)22(20,21)17-11-9-16(2)10-12-17/h9-12H,14-15H2,1-5H3. The molecule has 1 rings (SSSR count). The fourth-order valence-electron chi connectivity index (χ4n) is 1.65. The Morgan fingerprint density at radius 3 is 2.09 bits per heavy atom.